The van der Waals surface area contributed by atoms with E-state index in [1.807, 2.05) is 0 Å². The quantitative estimate of drug-likeness (QED) is 0.561. The van der Waals surface area contributed by atoms with Crippen LogP contribution in [0, 0.1) is 5.92 Å². The van der Waals surface area contributed by atoms with Crippen molar-refractivity contribution in [1.82, 2.24) is 4.90 Å². The Balaban J connectivity index is 1.19. The van der Waals surface area contributed by atoms with Crippen LogP contribution in [-0.4, -0.2) is 24.6 Å². The average Bonchev–Trinajstić information content (AvgIpc) is 3.17. The molecule has 0 aromatic heterocycles. The monoisotopic (exact) mass is 403 g/mol. The highest BCUT2D eigenvalue weighted by Crippen LogP contribution is 2.42. The second kappa shape index (κ2) is 8.88. The first-order valence-electron chi connectivity index (χ1n) is 10.5. The second-order valence-electron chi connectivity index (χ2n) is 8.47. The Morgan fingerprint density at radius 3 is 2.34 bits per heavy atom. The Bertz CT molecular complexity index is 791. The van der Waals surface area contributed by atoms with Crippen molar-refractivity contribution in [2.24, 2.45) is 5.92 Å². The zero-order valence-corrected chi connectivity index (χ0v) is 16.6. The van der Waals surface area contributed by atoms with E-state index in [0.717, 1.165) is 25.5 Å². The number of hydrogen-bond donors (Lipinski definition) is 0. The lowest BCUT2D eigenvalue weighted by molar-refractivity contribution is -0.137. The minimum Gasteiger partial charge on any atom is -0.376 e. The van der Waals surface area contributed by atoms with E-state index in [1.165, 1.54) is 49.2 Å². The molecule has 1 aliphatic heterocycles. The first-order valence-corrected chi connectivity index (χ1v) is 10.5. The van der Waals surface area contributed by atoms with Gasteiger partial charge in [-0.2, -0.15) is 13.2 Å². The topological polar surface area (TPSA) is 12.5 Å². The van der Waals surface area contributed by atoms with Crippen molar-refractivity contribution in [3.63, 3.8) is 0 Å². The van der Waals surface area contributed by atoms with Crippen LogP contribution in [0.3, 0.4) is 0 Å². The number of ether oxygens (including phenoxy) is 1. The predicted molar refractivity (Wildman–Crippen MR) is 108 cm³/mol. The Labute approximate surface area is 170 Å². The lowest BCUT2D eigenvalue weighted by Crippen LogP contribution is -2.26. The first kappa shape index (κ1) is 20.4. The molecule has 0 N–H and O–H groups in total. The summed E-state index contributed by atoms with van der Waals surface area (Å²) in [5.74, 6) is 1.08. The molecule has 1 aliphatic carbocycles. The summed E-state index contributed by atoms with van der Waals surface area (Å²) in [6.07, 6.45) is 0.512. The van der Waals surface area contributed by atoms with Gasteiger partial charge < -0.3 is 4.74 Å². The van der Waals surface area contributed by atoms with Gasteiger partial charge in [-0.25, -0.2) is 0 Å². The molecule has 0 unspecified atom stereocenters. The Morgan fingerprint density at radius 1 is 0.931 bits per heavy atom. The zero-order valence-electron chi connectivity index (χ0n) is 16.6. The van der Waals surface area contributed by atoms with Crippen molar-refractivity contribution in [3.8, 4) is 0 Å². The smallest absolute Gasteiger partial charge is 0.376 e. The molecule has 2 aromatic rings. The summed E-state index contributed by atoms with van der Waals surface area (Å²) >= 11 is 0. The van der Waals surface area contributed by atoms with Crippen LogP contribution in [0.4, 0.5) is 13.2 Å². The summed E-state index contributed by atoms with van der Waals surface area (Å²) in [4.78, 5) is 2.51. The molecular formula is C24H28F3NO. The molecule has 2 nitrogen and oxygen atoms in total. The van der Waals surface area contributed by atoms with Crippen LogP contribution in [0.25, 0.3) is 0 Å². The van der Waals surface area contributed by atoms with Crippen LogP contribution in [0.15, 0.2) is 48.5 Å². The van der Waals surface area contributed by atoms with E-state index < -0.39 is 11.7 Å². The highest BCUT2D eigenvalue weighted by molar-refractivity contribution is 5.27. The van der Waals surface area contributed by atoms with Crippen LogP contribution in [0.5, 0.6) is 0 Å². The number of halogens is 3. The highest BCUT2D eigenvalue weighted by Gasteiger charge is 2.31. The standard InChI is InChI=1S/C24H28F3NO/c25-24(26,27)23-5-3-4-19(14-23)16-29-17-20-12-22(13-20)21-8-6-18(7-9-21)15-28-10-1-2-11-28/h3-9,14,20,22H,1-2,10-13,15-17H2. The largest absolute Gasteiger partial charge is 0.416 e. The van der Waals surface area contributed by atoms with E-state index in [2.05, 4.69) is 29.2 Å². The molecule has 156 valence electrons. The molecule has 0 atom stereocenters. The summed E-state index contributed by atoms with van der Waals surface area (Å²) in [7, 11) is 0. The third-order valence-electron chi connectivity index (χ3n) is 6.17. The van der Waals surface area contributed by atoms with Gasteiger partial charge in [0.1, 0.15) is 0 Å². The van der Waals surface area contributed by atoms with Gasteiger partial charge in [-0.15, -0.1) is 0 Å². The number of hydrogen-bond acceptors (Lipinski definition) is 2. The zero-order chi connectivity index (χ0) is 20.3. The van der Waals surface area contributed by atoms with Crippen LogP contribution < -0.4 is 0 Å². The second-order valence-corrected chi connectivity index (χ2v) is 8.47. The van der Waals surface area contributed by atoms with Crippen molar-refractivity contribution >= 4 is 0 Å². The van der Waals surface area contributed by atoms with Crippen LogP contribution in [0.2, 0.25) is 0 Å². The predicted octanol–water partition coefficient (Wildman–Crippen LogP) is 6.01. The van der Waals surface area contributed by atoms with E-state index in [-0.39, 0.29) is 6.61 Å². The molecule has 0 amide bonds. The molecule has 1 saturated carbocycles. The number of rotatable bonds is 7. The van der Waals surface area contributed by atoms with Gasteiger partial charge in [0.25, 0.3) is 0 Å². The summed E-state index contributed by atoms with van der Waals surface area (Å²) in [5.41, 5.74) is 2.74. The van der Waals surface area contributed by atoms with Crippen molar-refractivity contribution in [3.05, 3.63) is 70.8 Å². The minimum absolute atomic E-state index is 0.232. The SMILES string of the molecule is FC(F)(F)c1cccc(COCC2CC(c3ccc(CN4CCCC4)cc3)C2)c1. The van der Waals surface area contributed by atoms with E-state index >= 15 is 0 Å². The van der Waals surface area contributed by atoms with Gasteiger partial charge in [-0.3, -0.25) is 4.90 Å². The van der Waals surface area contributed by atoms with E-state index in [9.17, 15) is 13.2 Å². The fourth-order valence-corrected chi connectivity index (χ4v) is 4.42. The molecule has 2 aromatic carbocycles. The van der Waals surface area contributed by atoms with Gasteiger partial charge in [-0.1, -0.05) is 36.4 Å². The van der Waals surface area contributed by atoms with Crippen molar-refractivity contribution < 1.29 is 17.9 Å². The van der Waals surface area contributed by atoms with Gasteiger partial charge in [0.2, 0.25) is 0 Å². The summed E-state index contributed by atoms with van der Waals surface area (Å²) in [6, 6.07) is 14.4. The van der Waals surface area contributed by atoms with Gasteiger partial charge >= 0.3 is 6.18 Å². The Hall–Kier alpha value is -1.85. The third-order valence-corrected chi connectivity index (χ3v) is 6.17. The summed E-state index contributed by atoms with van der Waals surface area (Å²) in [5, 5.41) is 0. The molecule has 5 heteroatoms. The molecule has 0 bridgehead atoms. The van der Waals surface area contributed by atoms with Gasteiger partial charge in [-0.05, 0) is 79.4 Å². The van der Waals surface area contributed by atoms with Crippen molar-refractivity contribution in [2.75, 3.05) is 19.7 Å². The fraction of sp³-hybridized carbons (Fsp3) is 0.500. The highest BCUT2D eigenvalue weighted by atomic mass is 19.4. The Kier molecular flexibility index (Phi) is 6.26. The maximum Gasteiger partial charge on any atom is 0.416 e. The van der Waals surface area contributed by atoms with Gasteiger partial charge in [0.05, 0.1) is 12.2 Å². The fourth-order valence-electron chi connectivity index (χ4n) is 4.42. The van der Waals surface area contributed by atoms with Crippen molar-refractivity contribution in [1.29, 1.82) is 0 Å². The molecule has 2 fully saturated rings. The number of benzene rings is 2. The third kappa shape index (κ3) is 5.40. The Morgan fingerprint density at radius 2 is 1.66 bits per heavy atom. The van der Waals surface area contributed by atoms with Crippen LogP contribution >= 0.6 is 0 Å². The van der Waals surface area contributed by atoms with Crippen molar-refractivity contribution in [2.45, 2.75) is 50.9 Å². The van der Waals surface area contributed by atoms with Gasteiger partial charge in [0, 0.05) is 13.2 Å². The molecule has 2 aliphatic rings. The first-order chi connectivity index (χ1) is 14.0. The number of likely N-dealkylation sites (tertiary alicyclic amines) is 1. The van der Waals surface area contributed by atoms with E-state index in [0.29, 0.717) is 24.0 Å². The number of nitrogens with zero attached hydrogens (tertiary/aromatic N) is 1. The number of alkyl halides is 3. The maximum atomic E-state index is 12.8. The van der Waals surface area contributed by atoms with Gasteiger partial charge in [0.15, 0.2) is 0 Å². The molecule has 0 spiro atoms. The average molecular weight is 403 g/mol. The molecular weight excluding hydrogens is 375 g/mol. The van der Waals surface area contributed by atoms with E-state index in [4.69, 9.17) is 4.74 Å². The molecule has 1 saturated heterocycles. The minimum atomic E-state index is -4.30. The molecule has 0 radical (unpaired) electrons. The molecule has 4 rings (SSSR count). The van der Waals surface area contributed by atoms with Crippen LogP contribution in [0.1, 0.15) is 53.9 Å². The molecule has 1 heterocycles. The lowest BCUT2D eigenvalue weighted by atomic mass is 9.72. The summed E-state index contributed by atoms with van der Waals surface area (Å²) in [6.45, 7) is 4.33. The summed E-state index contributed by atoms with van der Waals surface area (Å²) < 4.78 is 44.0. The molecule has 29 heavy (non-hydrogen) atoms. The van der Waals surface area contributed by atoms with Crippen LogP contribution in [-0.2, 0) is 24.1 Å². The lowest BCUT2D eigenvalue weighted by Gasteiger charge is -2.35. The maximum absolute atomic E-state index is 12.8. The van der Waals surface area contributed by atoms with E-state index in [1.54, 1.807) is 6.07 Å². The normalized spacial score (nSPS) is 22.6.